The van der Waals surface area contributed by atoms with Crippen LogP contribution in [0.5, 0.6) is 17.2 Å². The van der Waals surface area contributed by atoms with E-state index < -0.39 is 0 Å². The van der Waals surface area contributed by atoms with Crippen LogP contribution in [0, 0.1) is 0 Å². The normalized spacial score (nSPS) is 20.9. The second kappa shape index (κ2) is 9.58. The quantitative estimate of drug-likeness (QED) is 0.788. The van der Waals surface area contributed by atoms with E-state index in [1.54, 1.807) is 14.2 Å². The van der Waals surface area contributed by atoms with Gasteiger partial charge in [-0.25, -0.2) is 0 Å². The average molecular weight is 412 g/mol. The van der Waals surface area contributed by atoms with Crippen LogP contribution < -0.4 is 14.4 Å². The monoisotopic (exact) mass is 411 g/mol. The van der Waals surface area contributed by atoms with Gasteiger partial charge in [0.25, 0.3) is 0 Å². The molecule has 4 rings (SSSR count). The zero-order chi connectivity index (χ0) is 20.9. The van der Waals surface area contributed by atoms with Crippen LogP contribution in [-0.2, 0) is 6.54 Å². The van der Waals surface area contributed by atoms with Crippen LogP contribution in [0.3, 0.4) is 0 Å². The zero-order valence-electron chi connectivity index (χ0n) is 18.1. The number of ether oxygens (including phenoxy) is 2. The Kier molecular flexibility index (Phi) is 6.65. The predicted molar refractivity (Wildman–Crippen MR) is 120 cm³/mol. The fourth-order valence-electron chi connectivity index (χ4n) is 4.70. The molecule has 2 fully saturated rings. The van der Waals surface area contributed by atoms with Crippen LogP contribution in [0.1, 0.15) is 18.4 Å². The first-order valence-corrected chi connectivity index (χ1v) is 10.9. The summed E-state index contributed by atoms with van der Waals surface area (Å²) in [5.74, 6) is 1.66. The molecule has 6 heteroatoms. The molecule has 2 aliphatic heterocycles. The molecule has 0 radical (unpaired) electrons. The number of likely N-dealkylation sites (tertiary alicyclic amines) is 1. The Morgan fingerprint density at radius 1 is 0.933 bits per heavy atom. The molecule has 0 bridgehead atoms. The smallest absolute Gasteiger partial charge is 0.160 e. The van der Waals surface area contributed by atoms with Crippen molar-refractivity contribution in [1.29, 1.82) is 0 Å². The summed E-state index contributed by atoms with van der Waals surface area (Å²) in [5.41, 5.74) is 2.42. The maximum atomic E-state index is 10.1. The molecular formula is C24H33N3O3. The molecule has 2 heterocycles. The molecule has 0 amide bonds. The van der Waals surface area contributed by atoms with E-state index in [1.165, 1.54) is 18.5 Å². The molecule has 2 aliphatic rings. The third-order valence-corrected chi connectivity index (χ3v) is 6.40. The lowest BCUT2D eigenvalue weighted by Gasteiger charge is -2.44. The van der Waals surface area contributed by atoms with Crippen LogP contribution in [0.2, 0.25) is 0 Å². The van der Waals surface area contributed by atoms with E-state index in [2.05, 4.69) is 32.9 Å². The molecule has 1 atom stereocenters. The van der Waals surface area contributed by atoms with E-state index in [1.807, 2.05) is 24.3 Å². The van der Waals surface area contributed by atoms with Gasteiger partial charge in [-0.15, -0.1) is 0 Å². The highest BCUT2D eigenvalue weighted by Crippen LogP contribution is 2.28. The number of hydrogen-bond acceptors (Lipinski definition) is 6. The van der Waals surface area contributed by atoms with Crippen molar-refractivity contribution in [3.63, 3.8) is 0 Å². The van der Waals surface area contributed by atoms with Gasteiger partial charge in [0.2, 0.25) is 0 Å². The molecule has 162 valence electrons. The lowest BCUT2D eigenvalue weighted by atomic mass is 10.0. The molecule has 6 nitrogen and oxygen atoms in total. The lowest BCUT2D eigenvalue weighted by molar-refractivity contribution is 0.0887. The topological polar surface area (TPSA) is 48.4 Å². The van der Waals surface area contributed by atoms with Gasteiger partial charge in [-0.05, 0) is 61.3 Å². The molecule has 0 aliphatic carbocycles. The third kappa shape index (κ3) is 4.82. The summed E-state index contributed by atoms with van der Waals surface area (Å²) in [4.78, 5) is 7.65. The number of benzene rings is 2. The zero-order valence-corrected chi connectivity index (χ0v) is 18.1. The summed E-state index contributed by atoms with van der Waals surface area (Å²) < 4.78 is 10.4. The van der Waals surface area contributed by atoms with Crippen LogP contribution in [0.15, 0.2) is 42.5 Å². The van der Waals surface area contributed by atoms with Gasteiger partial charge in [0.1, 0.15) is 5.75 Å². The molecular weight excluding hydrogens is 378 g/mol. The SMILES string of the molecule is COc1ccc(N2CCN(C3CCCN(Cc4ccc(OC)c(O)c4)C3)CC2)cc1. The second-order valence-electron chi connectivity index (χ2n) is 8.26. The number of phenols is 1. The minimum absolute atomic E-state index is 0.221. The largest absolute Gasteiger partial charge is 0.504 e. The van der Waals surface area contributed by atoms with Gasteiger partial charge < -0.3 is 19.5 Å². The van der Waals surface area contributed by atoms with Gasteiger partial charge in [-0.1, -0.05) is 6.07 Å². The van der Waals surface area contributed by atoms with Gasteiger partial charge in [-0.3, -0.25) is 9.80 Å². The van der Waals surface area contributed by atoms with E-state index in [4.69, 9.17) is 9.47 Å². The number of rotatable bonds is 6. The van der Waals surface area contributed by atoms with E-state index in [-0.39, 0.29) is 5.75 Å². The van der Waals surface area contributed by atoms with Crippen molar-refractivity contribution >= 4 is 5.69 Å². The second-order valence-corrected chi connectivity index (χ2v) is 8.26. The molecule has 2 aromatic rings. The molecule has 0 spiro atoms. The minimum Gasteiger partial charge on any atom is -0.504 e. The van der Waals surface area contributed by atoms with Gasteiger partial charge in [0.05, 0.1) is 14.2 Å². The van der Waals surface area contributed by atoms with Gasteiger partial charge in [0.15, 0.2) is 11.5 Å². The summed E-state index contributed by atoms with van der Waals surface area (Å²) in [6.07, 6.45) is 2.50. The van der Waals surface area contributed by atoms with E-state index in [0.717, 1.165) is 57.1 Å². The number of anilines is 1. The highest BCUT2D eigenvalue weighted by molar-refractivity contribution is 5.49. The lowest BCUT2D eigenvalue weighted by Crippen LogP contribution is -2.55. The number of piperazine rings is 1. The van der Waals surface area contributed by atoms with E-state index >= 15 is 0 Å². The maximum Gasteiger partial charge on any atom is 0.160 e. The number of methoxy groups -OCH3 is 2. The molecule has 2 aromatic carbocycles. The molecule has 0 saturated carbocycles. The van der Waals surface area contributed by atoms with Crippen molar-refractivity contribution in [2.75, 3.05) is 58.4 Å². The molecule has 0 aromatic heterocycles. The Labute approximate surface area is 179 Å². The first-order valence-electron chi connectivity index (χ1n) is 10.9. The van der Waals surface area contributed by atoms with Crippen molar-refractivity contribution in [1.82, 2.24) is 9.80 Å². The highest BCUT2D eigenvalue weighted by Gasteiger charge is 2.28. The Morgan fingerprint density at radius 3 is 2.37 bits per heavy atom. The number of piperidine rings is 1. The first-order chi connectivity index (χ1) is 14.7. The molecule has 30 heavy (non-hydrogen) atoms. The van der Waals surface area contributed by atoms with Crippen molar-refractivity contribution in [3.8, 4) is 17.2 Å². The first kappa shape index (κ1) is 20.8. The van der Waals surface area contributed by atoms with Crippen LogP contribution in [-0.4, -0.2) is 74.4 Å². The summed E-state index contributed by atoms with van der Waals surface area (Å²) >= 11 is 0. The van der Waals surface area contributed by atoms with Crippen molar-refractivity contribution in [3.05, 3.63) is 48.0 Å². The van der Waals surface area contributed by atoms with Crippen molar-refractivity contribution < 1.29 is 14.6 Å². The Balaban J connectivity index is 1.30. The number of hydrogen-bond donors (Lipinski definition) is 1. The van der Waals surface area contributed by atoms with Crippen molar-refractivity contribution in [2.24, 2.45) is 0 Å². The average Bonchev–Trinajstić information content (AvgIpc) is 2.80. The van der Waals surface area contributed by atoms with Gasteiger partial charge >= 0.3 is 0 Å². The Morgan fingerprint density at radius 2 is 1.70 bits per heavy atom. The standard InChI is InChI=1S/C24H33N3O3/c1-29-22-8-6-20(7-9-22)26-12-14-27(15-13-26)21-4-3-11-25(18-21)17-19-5-10-24(30-2)23(28)16-19/h5-10,16,21,28H,3-4,11-15,17-18H2,1-2H3. The van der Waals surface area contributed by atoms with Crippen molar-refractivity contribution in [2.45, 2.75) is 25.4 Å². The Bertz CT molecular complexity index is 819. The Hall–Kier alpha value is -2.44. The van der Waals surface area contributed by atoms with Crippen LogP contribution in [0.4, 0.5) is 5.69 Å². The number of nitrogens with zero attached hydrogens (tertiary/aromatic N) is 3. The highest BCUT2D eigenvalue weighted by atomic mass is 16.5. The van der Waals surface area contributed by atoms with Gasteiger partial charge in [0, 0.05) is 51.0 Å². The number of phenolic OH excluding ortho intramolecular Hbond substituents is 1. The molecule has 1 unspecified atom stereocenters. The summed E-state index contributed by atoms with van der Waals surface area (Å²) in [6.45, 7) is 7.43. The third-order valence-electron chi connectivity index (χ3n) is 6.40. The fraction of sp³-hybridized carbons (Fsp3) is 0.500. The summed E-state index contributed by atoms with van der Waals surface area (Å²) in [5, 5.41) is 10.1. The summed E-state index contributed by atoms with van der Waals surface area (Å²) in [7, 11) is 3.29. The van der Waals surface area contributed by atoms with Crippen LogP contribution >= 0.6 is 0 Å². The fourth-order valence-corrected chi connectivity index (χ4v) is 4.70. The summed E-state index contributed by atoms with van der Waals surface area (Å²) in [6, 6.07) is 14.7. The van der Waals surface area contributed by atoms with E-state index in [9.17, 15) is 5.11 Å². The molecule has 1 N–H and O–H groups in total. The maximum absolute atomic E-state index is 10.1. The van der Waals surface area contributed by atoms with Crippen LogP contribution in [0.25, 0.3) is 0 Å². The predicted octanol–water partition coefficient (Wildman–Crippen LogP) is 3.20. The number of aromatic hydroxyl groups is 1. The minimum atomic E-state index is 0.221. The molecule has 2 saturated heterocycles. The van der Waals surface area contributed by atoms with E-state index in [0.29, 0.717) is 11.8 Å². The van der Waals surface area contributed by atoms with Gasteiger partial charge in [-0.2, -0.15) is 0 Å².